The van der Waals surface area contributed by atoms with Crippen LogP contribution in [0.15, 0.2) is 6.07 Å². The molecule has 1 saturated carbocycles. The van der Waals surface area contributed by atoms with Gasteiger partial charge in [-0.05, 0) is 32.4 Å². The number of hydrogen-bond donors (Lipinski definition) is 1. The summed E-state index contributed by atoms with van der Waals surface area (Å²) in [5.74, 6) is 0.333. The average Bonchev–Trinajstić information content (AvgIpc) is 2.46. The zero-order chi connectivity index (χ0) is 14.5. The SMILES string of the molecule is COC(=O)c1nc(C)cc(NC2CCCC(SC)C2)n1. The van der Waals surface area contributed by atoms with Crippen LogP contribution in [0.4, 0.5) is 5.82 Å². The van der Waals surface area contributed by atoms with Crippen molar-refractivity contribution < 1.29 is 9.53 Å². The zero-order valence-corrected chi connectivity index (χ0v) is 13.0. The average molecular weight is 295 g/mol. The number of carbonyl (C=O) groups excluding carboxylic acids is 1. The number of anilines is 1. The molecule has 0 amide bonds. The van der Waals surface area contributed by atoms with E-state index in [0.717, 1.165) is 18.5 Å². The van der Waals surface area contributed by atoms with Crippen LogP contribution >= 0.6 is 11.8 Å². The van der Waals surface area contributed by atoms with Crippen LogP contribution in [0, 0.1) is 6.92 Å². The zero-order valence-electron chi connectivity index (χ0n) is 12.2. The maximum Gasteiger partial charge on any atom is 0.376 e. The molecular formula is C14H21N3O2S. The fraction of sp³-hybridized carbons (Fsp3) is 0.643. The van der Waals surface area contributed by atoms with Crippen molar-refractivity contribution in [2.75, 3.05) is 18.7 Å². The second-order valence-electron chi connectivity index (χ2n) is 5.08. The molecule has 1 fully saturated rings. The highest BCUT2D eigenvalue weighted by atomic mass is 32.2. The standard InChI is InChI=1S/C14H21N3O2S/c1-9-7-12(17-13(15-9)14(18)19-2)16-10-5-4-6-11(8-10)20-3/h7,10-11H,4-6,8H2,1-3H3,(H,15,16,17). The van der Waals surface area contributed by atoms with Gasteiger partial charge in [0.2, 0.25) is 5.82 Å². The third-order valence-corrected chi connectivity index (χ3v) is 4.63. The fourth-order valence-corrected chi connectivity index (χ4v) is 3.35. The molecule has 0 bridgehead atoms. The van der Waals surface area contributed by atoms with E-state index in [1.54, 1.807) is 0 Å². The number of esters is 1. The Bertz CT molecular complexity index is 481. The highest BCUT2D eigenvalue weighted by Gasteiger charge is 2.22. The van der Waals surface area contributed by atoms with Crippen molar-refractivity contribution in [3.05, 3.63) is 17.6 Å². The third kappa shape index (κ3) is 3.85. The lowest BCUT2D eigenvalue weighted by Gasteiger charge is -2.29. The van der Waals surface area contributed by atoms with Gasteiger partial charge in [0.15, 0.2) is 0 Å². The van der Waals surface area contributed by atoms with Gasteiger partial charge in [0, 0.05) is 23.1 Å². The molecule has 1 heterocycles. The molecule has 6 heteroatoms. The lowest BCUT2D eigenvalue weighted by atomic mass is 9.95. The summed E-state index contributed by atoms with van der Waals surface area (Å²) in [4.78, 5) is 19.9. The number of aromatic nitrogens is 2. The summed E-state index contributed by atoms with van der Waals surface area (Å²) < 4.78 is 4.68. The van der Waals surface area contributed by atoms with Crippen LogP contribution in [-0.4, -0.2) is 40.6 Å². The summed E-state index contributed by atoms with van der Waals surface area (Å²) in [5, 5.41) is 4.15. The van der Waals surface area contributed by atoms with Crippen LogP contribution in [0.3, 0.4) is 0 Å². The van der Waals surface area contributed by atoms with Crippen molar-refractivity contribution in [1.29, 1.82) is 0 Å². The number of aryl methyl sites for hydroxylation is 1. The van der Waals surface area contributed by atoms with E-state index in [2.05, 4.69) is 26.3 Å². The van der Waals surface area contributed by atoms with E-state index in [9.17, 15) is 4.79 Å². The highest BCUT2D eigenvalue weighted by Crippen LogP contribution is 2.28. The Morgan fingerprint density at radius 2 is 2.25 bits per heavy atom. The lowest BCUT2D eigenvalue weighted by Crippen LogP contribution is -2.29. The predicted molar refractivity (Wildman–Crippen MR) is 81.3 cm³/mol. The molecule has 0 spiro atoms. The van der Waals surface area contributed by atoms with Gasteiger partial charge in [0.25, 0.3) is 0 Å². The van der Waals surface area contributed by atoms with E-state index >= 15 is 0 Å². The van der Waals surface area contributed by atoms with E-state index in [0.29, 0.717) is 17.1 Å². The van der Waals surface area contributed by atoms with Crippen molar-refractivity contribution in [2.45, 2.75) is 43.9 Å². The molecule has 0 saturated heterocycles. The van der Waals surface area contributed by atoms with Crippen LogP contribution in [0.5, 0.6) is 0 Å². The maximum absolute atomic E-state index is 11.5. The quantitative estimate of drug-likeness (QED) is 0.862. The molecule has 1 aromatic heterocycles. The summed E-state index contributed by atoms with van der Waals surface area (Å²) in [6.45, 7) is 1.85. The minimum Gasteiger partial charge on any atom is -0.463 e. The Hall–Kier alpha value is -1.30. The van der Waals surface area contributed by atoms with Gasteiger partial charge in [-0.3, -0.25) is 0 Å². The Kier molecular flexibility index (Phi) is 5.23. The van der Waals surface area contributed by atoms with E-state index in [1.807, 2.05) is 24.8 Å². The topological polar surface area (TPSA) is 64.1 Å². The minimum atomic E-state index is -0.498. The minimum absolute atomic E-state index is 0.118. The molecule has 110 valence electrons. The molecule has 1 aliphatic rings. The molecule has 5 nitrogen and oxygen atoms in total. The number of methoxy groups -OCH3 is 1. The van der Waals surface area contributed by atoms with E-state index in [1.165, 1.54) is 20.0 Å². The van der Waals surface area contributed by atoms with Crippen molar-refractivity contribution >= 4 is 23.5 Å². The van der Waals surface area contributed by atoms with Gasteiger partial charge in [-0.2, -0.15) is 11.8 Å². The first-order chi connectivity index (χ1) is 9.62. The molecule has 2 unspecified atom stereocenters. The third-order valence-electron chi connectivity index (χ3n) is 3.53. The molecule has 20 heavy (non-hydrogen) atoms. The number of nitrogens with zero attached hydrogens (tertiary/aromatic N) is 2. The molecule has 1 aromatic rings. The number of rotatable bonds is 4. The van der Waals surface area contributed by atoms with Gasteiger partial charge in [0.1, 0.15) is 5.82 Å². The second-order valence-corrected chi connectivity index (χ2v) is 6.21. The summed E-state index contributed by atoms with van der Waals surface area (Å²) in [7, 11) is 1.34. The highest BCUT2D eigenvalue weighted by molar-refractivity contribution is 7.99. The molecule has 0 aromatic carbocycles. The van der Waals surface area contributed by atoms with Gasteiger partial charge in [-0.15, -0.1) is 0 Å². The molecule has 1 aliphatic carbocycles. The monoisotopic (exact) mass is 295 g/mol. The van der Waals surface area contributed by atoms with Crippen molar-refractivity contribution in [3.63, 3.8) is 0 Å². The summed E-state index contributed by atoms with van der Waals surface area (Å²) in [6.07, 6.45) is 6.97. The van der Waals surface area contributed by atoms with Crippen LogP contribution in [0.2, 0.25) is 0 Å². The first kappa shape index (κ1) is 15.1. The molecule has 2 rings (SSSR count). The first-order valence-electron chi connectivity index (χ1n) is 6.85. The van der Waals surface area contributed by atoms with Gasteiger partial charge in [-0.25, -0.2) is 14.8 Å². The van der Waals surface area contributed by atoms with E-state index in [4.69, 9.17) is 0 Å². The normalized spacial score (nSPS) is 22.4. The molecule has 0 aliphatic heterocycles. The summed E-state index contributed by atoms with van der Waals surface area (Å²) >= 11 is 1.93. The molecule has 2 atom stereocenters. The summed E-state index contributed by atoms with van der Waals surface area (Å²) in [6, 6.07) is 2.29. The Labute approximate surface area is 123 Å². The Morgan fingerprint density at radius 3 is 2.95 bits per heavy atom. The van der Waals surface area contributed by atoms with Crippen LogP contribution in [-0.2, 0) is 4.74 Å². The van der Waals surface area contributed by atoms with Crippen LogP contribution < -0.4 is 5.32 Å². The smallest absolute Gasteiger partial charge is 0.376 e. The molecule has 1 N–H and O–H groups in total. The summed E-state index contributed by atoms with van der Waals surface area (Å²) in [5.41, 5.74) is 0.764. The fourth-order valence-electron chi connectivity index (χ4n) is 2.52. The van der Waals surface area contributed by atoms with Gasteiger partial charge in [0.05, 0.1) is 7.11 Å². The van der Waals surface area contributed by atoms with Gasteiger partial charge in [-0.1, -0.05) is 6.42 Å². The Balaban J connectivity index is 2.08. The largest absolute Gasteiger partial charge is 0.463 e. The number of hydrogen-bond acceptors (Lipinski definition) is 6. The Morgan fingerprint density at radius 1 is 1.45 bits per heavy atom. The van der Waals surface area contributed by atoms with Crippen LogP contribution in [0.1, 0.15) is 42.0 Å². The second kappa shape index (κ2) is 6.92. The number of nitrogens with one attached hydrogen (secondary N) is 1. The molecule has 0 radical (unpaired) electrons. The predicted octanol–water partition coefficient (Wildman–Crippen LogP) is 2.66. The first-order valence-corrected chi connectivity index (χ1v) is 8.14. The lowest BCUT2D eigenvalue weighted by molar-refractivity contribution is 0.0586. The van der Waals surface area contributed by atoms with Crippen LogP contribution in [0.25, 0.3) is 0 Å². The van der Waals surface area contributed by atoms with E-state index in [-0.39, 0.29) is 5.82 Å². The van der Waals surface area contributed by atoms with E-state index < -0.39 is 5.97 Å². The van der Waals surface area contributed by atoms with Crippen molar-refractivity contribution in [3.8, 4) is 0 Å². The van der Waals surface area contributed by atoms with Gasteiger partial charge >= 0.3 is 5.97 Å². The van der Waals surface area contributed by atoms with Crippen molar-refractivity contribution in [1.82, 2.24) is 9.97 Å². The van der Waals surface area contributed by atoms with Crippen molar-refractivity contribution in [2.24, 2.45) is 0 Å². The molecular weight excluding hydrogens is 274 g/mol. The van der Waals surface area contributed by atoms with Gasteiger partial charge < -0.3 is 10.1 Å². The number of thioether (sulfide) groups is 1. The number of ether oxygens (including phenoxy) is 1. The number of carbonyl (C=O) groups is 1. The maximum atomic E-state index is 11.5.